The van der Waals surface area contributed by atoms with Gasteiger partial charge in [0.1, 0.15) is 6.04 Å². The van der Waals surface area contributed by atoms with Crippen molar-refractivity contribution in [2.24, 2.45) is 0 Å². The van der Waals surface area contributed by atoms with Gasteiger partial charge in [-0.05, 0) is 32.7 Å². The fourth-order valence-corrected chi connectivity index (χ4v) is 2.32. The smallest absolute Gasteiger partial charge is 0.242 e. The highest BCUT2D eigenvalue weighted by atomic mass is 16.2. The zero-order chi connectivity index (χ0) is 11.6. The van der Waals surface area contributed by atoms with Gasteiger partial charge in [0.2, 0.25) is 11.8 Å². The Kier molecular flexibility index (Phi) is 3.14. The third-order valence-electron chi connectivity index (χ3n) is 3.42. The largest absolute Gasteiger partial charge is 0.352 e. The van der Waals surface area contributed by atoms with E-state index in [1.165, 1.54) is 0 Å². The van der Waals surface area contributed by atoms with Gasteiger partial charge in [-0.2, -0.15) is 0 Å². The predicted octanol–water partition coefficient (Wildman–Crippen LogP) is -0.477. The average molecular weight is 225 g/mol. The number of nitrogens with one attached hydrogen (secondary N) is 3. The molecule has 0 spiro atoms. The first-order chi connectivity index (χ1) is 7.59. The standard InChI is InChI=1S/C11H19N3O2/c1-11(5-2-6-13-11)7-12-10(16)8-3-4-9(15)14-8/h8,13H,2-7H2,1H3,(H,12,16)(H,14,15). The zero-order valence-electron chi connectivity index (χ0n) is 9.64. The molecule has 3 N–H and O–H groups in total. The van der Waals surface area contributed by atoms with Crippen LogP contribution in [0.25, 0.3) is 0 Å². The summed E-state index contributed by atoms with van der Waals surface area (Å²) in [4.78, 5) is 22.7. The molecule has 0 aromatic carbocycles. The summed E-state index contributed by atoms with van der Waals surface area (Å²) < 4.78 is 0. The van der Waals surface area contributed by atoms with E-state index in [1.54, 1.807) is 0 Å². The van der Waals surface area contributed by atoms with Gasteiger partial charge in [-0.25, -0.2) is 0 Å². The van der Waals surface area contributed by atoms with Crippen molar-refractivity contribution in [1.29, 1.82) is 0 Å². The van der Waals surface area contributed by atoms with Crippen molar-refractivity contribution in [1.82, 2.24) is 16.0 Å². The Labute approximate surface area is 95.3 Å². The minimum atomic E-state index is -0.322. The fraction of sp³-hybridized carbons (Fsp3) is 0.818. The molecule has 5 heteroatoms. The normalized spacial score (nSPS) is 33.8. The molecule has 2 unspecified atom stereocenters. The maximum atomic E-state index is 11.7. The molecule has 0 aromatic heterocycles. The molecule has 2 aliphatic rings. The summed E-state index contributed by atoms with van der Waals surface area (Å²) in [6.45, 7) is 3.78. The number of carbonyl (C=O) groups is 2. The van der Waals surface area contributed by atoms with Crippen molar-refractivity contribution in [3.05, 3.63) is 0 Å². The van der Waals surface area contributed by atoms with E-state index in [1.807, 2.05) is 0 Å². The van der Waals surface area contributed by atoms with Crippen LogP contribution >= 0.6 is 0 Å². The highest BCUT2D eigenvalue weighted by Gasteiger charge is 2.31. The Morgan fingerprint density at radius 3 is 3.00 bits per heavy atom. The average Bonchev–Trinajstić information content (AvgIpc) is 2.85. The molecule has 2 rings (SSSR count). The van der Waals surface area contributed by atoms with Gasteiger partial charge in [-0.1, -0.05) is 0 Å². The van der Waals surface area contributed by atoms with Crippen LogP contribution in [-0.2, 0) is 9.59 Å². The molecule has 5 nitrogen and oxygen atoms in total. The lowest BCUT2D eigenvalue weighted by Gasteiger charge is -2.25. The highest BCUT2D eigenvalue weighted by Crippen LogP contribution is 2.17. The molecule has 2 aliphatic heterocycles. The minimum absolute atomic E-state index is 0.0228. The molecular weight excluding hydrogens is 206 g/mol. The first-order valence-electron chi connectivity index (χ1n) is 5.91. The van der Waals surface area contributed by atoms with Crippen molar-refractivity contribution >= 4 is 11.8 Å². The van der Waals surface area contributed by atoms with Gasteiger partial charge < -0.3 is 16.0 Å². The van der Waals surface area contributed by atoms with Crippen LogP contribution in [0.4, 0.5) is 0 Å². The summed E-state index contributed by atoms with van der Waals surface area (Å²) in [6, 6.07) is -0.322. The number of rotatable bonds is 3. The monoisotopic (exact) mass is 225 g/mol. The van der Waals surface area contributed by atoms with E-state index < -0.39 is 0 Å². The third kappa shape index (κ3) is 2.52. The van der Waals surface area contributed by atoms with E-state index in [0.717, 1.165) is 19.4 Å². The van der Waals surface area contributed by atoms with Crippen LogP contribution in [0.15, 0.2) is 0 Å². The fourth-order valence-electron chi connectivity index (χ4n) is 2.32. The van der Waals surface area contributed by atoms with Gasteiger partial charge in [0.05, 0.1) is 0 Å². The molecule has 2 fully saturated rings. The van der Waals surface area contributed by atoms with Crippen LogP contribution in [0.5, 0.6) is 0 Å². The van der Waals surface area contributed by atoms with Gasteiger partial charge >= 0.3 is 0 Å². The van der Waals surface area contributed by atoms with Crippen molar-refractivity contribution in [2.45, 2.75) is 44.2 Å². The molecule has 0 bridgehead atoms. The lowest BCUT2D eigenvalue weighted by atomic mass is 10.0. The Morgan fingerprint density at radius 1 is 1.62 bits per heavy atom. The summed E-state index contributed by atoms with van der Waals surface area (Å²) in [7, 11) is 0. The summed E-state index contributed by atoms with van der Waals surface area (Å²) in [6.07, 6.45) is 3.33. The summed E-state index contributed by atoms with van der Waals surface area (Å²) in [5, 5.41) is 8.97. The number of hydrogen-bond donors (Lipinski definition) is 3. The van der Waals surface area contributed by atoms with E-state index in [0.29, 0.717) is 19.4 Å². The molecule has 0 saturated carbocycles. The van der Waals surface area contributed by atoms with E-state index in [-0.39, 0.29) is 23.4 Å². The Hall–Kier alpha value is -1.10. The molecule has 2 amide bonds. The molecule has 90 valence electrons. The lowest BCUT2D eigenvalue weighted by Crippen LogP contribution is -2.51. The maximum absolute atomic E-state index is 11.7. The molecule has 2 saturated heterocycles. The van der Waals surface area contributed by atoms with Crippen molar-refractivity contribution in [2.75, 3.05) is 13.1 Å². The first kappa shape index (κ1) is 11.4. The summed E-state index contributed by atoms with van der Waals surface area (Å²) in [5.41, 5.74) is 0.0261. The van der Waals surface area contributed by atoms with Crippen molar-refractivity contribution in [3.63, 3.8) is 0 Å². The van der Waals surface area contributed by atoms with Gasteiger partial charge in [-0.15, -0.1) is 0 Å². The first-order valence-corrected chi connectivity index (χ1v) is 5.91. The molecule has 0 radical (unpaired) electrons. The van der Waals surface area contributed by atoms with Crippen LogP contribution < -0.4 is 16.0 Å². The number of amides is 2. The van der Waals surface area contributed by atoms with Crippen LogP contribution in [0.1, 0.15) is 32.6 Å². The summed E-state index contributed by atoms with van der Waals surface area (Å²) >= 11 is 0. The van der Waals surface area contributed by atoms with Crippen LogP contribution in [0.3, 0.4) is 0 Å². The third-order valence-corrected chi connectivity index (χ3v) is 3.42. The van der Waals surface area contributed by atoms with Crippen molar-refractivity contribution in [3.8, 4) is 0 Å². The maximum Gasteiger partial charge on any atom is 0.242 e. The van der Waals surface area contributed by atoms with E-state index in [4.69, 9.17) is 0 Å². The van der Waals surface area contributed by atoms with Gasteiger partial charge in [0.25, 0.3) is 0 Å². The second-order valence-corrected chi connectivity index (χ2v) is 4.97. The molecule has 0 aromatic rings. The molecular formula is C11H19N3O2. The van der Waals surface area contributed by atoms with Gasteiger partial charge in [0, 0.05) is 18.5 Å². The second kappa shape index (κ2) is 4.41. The predicted molar refractivity (Wildman–Crippen MR) is 59.8 cm³/mol. The van der Waals surface area contributed by atoms with E-state index in [9.17, 15) is 9.59 Å². The second-order valence-electron chi connectivity index (χ2n) is 4.97. The topological polar surface area (TPSA) is 70.2 Å². The zero-order valence-corrected chi connectivity index (χ0v) is 9.64. The minimum Gasteiger partial charge on any atom is -0.352 e. The summed E-state index contributed by atoms with van der Waals surface area (Å²) in [5.74, 6) is -0.0777. The Morgan fingerprint density at radius 2 is 2.44 bits per heavy atom. The SMILES string of the molecule is CC1(CNC(=O)C2CCC(=O)N2)CCCN1. The number of hydrogen-bond acceptors (Lipinski definition) is 3. The molecule has 2 heterocycles. The quantitative estimate of drug-likeness (QED) is 0.608. The number of carbonyl (C=O) groups excluding carboxylic acids is 2. The Balaban J connectivity index is 1.77. The lowest BCUT2D eigenvalue weighted by molar-refractivity contribution is -0.125. The van der Waals surface area contributed by atoms with Gasteiger partial charge in [0.15, 0.2) is 0 Å². The van der Waals surface area contributed by atoms with E-state index in [2.05, 4.69) is 22.9 Å². The molecule has 2 atom stereocenters. The Bertz CT molecular complexity index is 298. The molecule has 0 aliphatic carbocycles. The van der Waals surface area contributed by atoms with Crippen LogP contribution in [-0.4, -0.2) is 36.5 Å². The highest BCUT2D eigenvalue weighted by molar-refractivity contribution is 5.90. The van der Waals surface area contributed by atoms with Crippen molar-refractivity contribution < 1.29 is 9.59 Å². The van der Waals surface area contributed by atoms with Gasteiger partial charge in [-0.3, -0.25) is 9.59 Å². The van der Waals surface area contributed by atoms with E-state index >= 15 is 0 Å². The van der Waals surface area contributed by atoms with Crippen LogP contribution in [0, 0.1) is 0 Å². The van der Waals surface area contributed by atoms with Crippen LogP contribution in [0.2, 0.25) is 0 Å². The molecule has 16 heavy (non-hydrogen) atoms.